The predicted octanol–water partition coefficient (Wildman–Crippen LogP) is 8.47. The third kappa shape index (κ3) is 8.01. The number of hydrogen-bond acceptors (Lipinski definition) is 10. The fraction of sp³-hybridized carbons (Fsp3) is 0.178. The number of aromatic nitrogens is 4. The molecular weight excluding hydrogens is 753 g/mol. The molecule has 59 heavy (non-hydrogen) atoms. The number of fused-ring (bicyclic) bond motifs is 2. The van der Waals surface area contributed by atoms with Crippen LogP contribution < -0.4 is 10.6 Å². The van der Waals surface area contributed by atoms with Crippen molar-refractivity contribution in [3.8, 4) is 40.0 Å². The van der Waals surface area contributed by atoms with E-state index in [4.69, 9.17) is 23.3 Å². The monoisotopic (exact) mass is 792 g/mol. The molecule has 0 radical (unpaired) electrons. The molecule has 4 aromatic carbocycles. The lowest BCUT2D eigenvalue weighted by Crippen LogP contribution is -2.49. The number of esters is 1. The number of rotatable bonds is 13. The van der Waals surface area contributed by atoms with Gasteiger partial charge in [0.15, 0.2) is 22.9 Å². The summed E-state index contributed by atoms with van der Waals surface area (Å²) in [5, 5.41) is 17.3. The second-order valence-electron chi connectivity index (χ2n) is 14.3. The molecule has 0 aliphatic rings. The van der Waals surface area contributed by atoms with Crippen LogP contribution in [0, 0.1) is 5.92 Å². The Morgan fingerprint density at radius 2 is 1.37 bits per heavy atom. The SMILES string of the molecule is COC(=O)c1nc(-c2nc([C@@H](NC(=O)[C@H](Cc3ccc(O)cc3)NC(=O)OCc3ccccc3)C(C)C)oc2-c2c[nH]c3ccccc23)oc1-c1c[nH]c2ccccc12. The maximum absolute atomic E-state index is 14.3. The first kappa shape index (κ1) is 38.3. The Hall–Kier alpha value is -7.61. The van der Waals surface area contributed by atoms with E-state index in [-0.39, 0.29) is 59.4 Å². The van der Waals surface area contributed by atoms with Crippen molar-refractivity contribution < 1.29 is 37.8 Å². The van der Waals surface area contributed by atoms with Crippen LogP contribution in [0.4, 0.5) is 4.79 Å². The first-order valence-electron chi connectivity index (χ1n) is 19.0. The molecule has 4 aromatic heterocycles. The number of aromatic hydroxyl groups is 1. The molecule has 0 bridgehead atoms. The van der Waals surface area contributed by atoms with Gasteiger partial charge in [0.25, 0.3) is 5.89 Å². The van der Waals surface area contributed by atoms with Crippen LogP contribution in [-0.4, -0.2) is 56.2 Å². The number of H-pyrrole nitrogens is 2. The molecule has 0 aliphatic carbocycles. The second-order valence-corrected chi connectivity index (χ2v) is 14.3. The zero-order chi connectivity index (χ0) is 41.0. The third-order valence-corrected chi connectivity index (χ3v) is 9.95. The topological polar surface area (TPSA) is 198 Å². The van der Waals surface area contributed by atoms with Gasteiger partial charge in [0.05, 0.1) is 7.11 Å². The van der Waals surface area contributed by atoms with E-state index in [2.05, 4.69) is 25.6 Å². The van der Waals surface area contributed by atoms with Crippen LogP contribution >= 0.6 is 0 Å². The molecule has 0 spiro atoms. The highest BCUT2D eigenvalue weighted by Gasteiger charge is 2.34. The molecule has 0 unspecified atom stereocenters. The van der Waals surface area contributed by atoms with Crippen molar-refractivity contribution in [1.82, 2.24) is 30.6 Å². The zero-order valence-corrected chi connectivity index (χ0v) is 32.3. The van der Waals surface area contributed by atoms with Crippen molar-refractivity contribution in [2.45, 2.75) is 39.0 Å². The summed E-state index contributed by atoms with van der Waals surface area (Å²) < 4.78 is 23.7. The molecule has 14 nitrogen and oxygen atoms in total. The number of nitrogens with one attached hydrogen (secondary N) is 4. The van der Waals surface area contributed by atoms with E-state index in [9.17, 15) is 19.5 Å². The van der Waals surface area contributed by atoms with Crippen molar-refractivity contribution >= 4 is 39.8 Å². The molecule has 2 amide bonds. The Bertz CT molecular complexity index is 2760. The number of para-hydroxylation sites is 2. The minimum absolute atomic E-state index is 0.00504. The van der Waals surface area contributed by atoms with Crippen LogP contribution in [0.5, 0.6) is 5.75 Å². The number of carbonyl (C=O) groups excluding carboxylic acids is 3. The minimum atomic E-state index is -1.10. The summed E-state index contributed by atoms with van der Waals surface area (Å²) in [5.41, 5.74) is 4.50. The highest BCUT2D eigenvalue weighted by atomic mass is 16.5. The molecule has 0 aliphatic heterocycles. The van der Waals surface area contributed by atoms with Gasteiger partial charge in [-0.3, -0.25) is 4.79 Å². The molecule has 8 aromatic rings. The van der Waals surface area contributed by atoms with Crippen molar-refractivity contribution in [2.75, 3.05) is 7.11 Å². The number of alkyl carbamates (subject to hydrolysis) is 1. The van der Waals surface area contributed by atoms with Gasteiger partial charge in [-0.1, -0.05) is 92.7 Å². The molecule has 14 heteroatoms. The lowest BCUT2D eigenvalue weighted by molar-refractivity contribution is -0.124. The van der Waals surface area contributed by atoms with Crippen LogP contribution in [0.15, 0.2) is 124 Å². The van der Waals surface area contributed by atoms with Crippen LogP contribution in [-0.2, 0) is 27.3 Å². The summed E-state index contributed by atoms with van der Waals surface area (Å²) in [5.74, 6) is -0.884. The maximum Gasteiger partial charge on any atom is 0.408 e. The van der Waals surface area contributed by atoms with E-state index in [1.54, 1.807) is 24.5 Å². The van der Waals surface area contributed by atoms with Gasteiger partial charge < -0.3 is 44.0 Å². The standard InChI is InChI=1S/C45H40N6O8/c1-25(2)36(49-41(53)35(21-26-17-19-28(52)20-18-26)48-45(55)57-24-27-11-5-4-6-12-27)42-50-37(39(58-42)31-22-46-33-15-9-7-13-29(31)33)43-51-38(44(54)56-3)40(59-43)32-23-47-34-16-10-8-14-30(32)34/h4-20,22-23,25,35-36,46-47,52H,21,24H2,1-3H3,(H,48,55)(H,49,53)/t35-,36-/m0/s1. The minimum Gasteiger partial charge on any atom is -0.508 e. The Labute approximate surface area is 337 Å². The summed E-state index contributed by atoms with van der Waals surface area (Å²) in [4.78, 5) is 56.7. The molecule has 0 fully saturated rings. The number of phenolic OH excluding ortho intramolecular Hbond substituents is 1. The number of phenols is 1. The third-order valence-electron chi connectivity index (χ3n) is 9.95. The van der Waals surface area contributed by atoms with Gasteiger partial charge in [0, 0.05) is 51.7 Å². The smallest absolute Gasteiger partial charge is 0.408 e. The predicted molar refractivity (Wildman–Crippen MR) is 219 cm³/mol. The average Bonchev–Trinajstić information content (AvgIpc) is 4.07. The number of ether oxygens (including phenoxy) is 2. The molecule has 2 atom stereocenters. The first-order valence-corrected chi connectivity index (χ1v) is 19.0. The Morgan fingerprint density at radius 1 is 0.746 bits per heavy atom. The number of aromatic amines is 2. The number of oxazole rings is 2. The van der Waals surface area contributed by atoms with Gasteiger partial charge in [-0.05, 0) is 41.3 Å². The molecule has 8 rings (SSSR count). The Balaban J connectivity index is 1.17. The maximum atomic E-state index is 14.3. The van der Waals surface area contributed by atoms with Crippen LogP contribution in [0.1, 0.15) is 47.4 Å². The molecule has 0 saturated heterocycles. The van der Waals surface area contributed by atoms with Crippen LogP contribution in [0.3, 0.4) is 0 Å². The Kier molecular flexibility index (Phi) is 10.7. The highest BCUT2D eigenvalue weighted by molar-refractivity contribution is 6.02. The largest absolute Gasteiger partial charge is 0.508 e. The first-order chi connectivity index (χ1) is 28.7. The van der Waals surface area contributed by atoms with Gasteiger partial charge in [0.1, 0.15) is 24.4 Å². The number of methoxy groups -OCH3 is 1. The highest BCUT2D eigenvalue weighted by Crippen LogP contribution is 2.41. The molecule has 4 heterocycles. The van der Waals surface area contributed by atoms with Crippen molar-refractivity contribution in [1.29, 1.82) is 0 Å². The summed E-state index contributed by atoms with van der Waals surface area (Å²) in [6, 6.07) is 28.9. The van der Waals surface area contributed by atoms with Gasteiger partial charge in [-0.2, -0.15) is 4.98 Å². The quantitative estimate of drug-likeness (QED) is 0.0706. The number of hydrogen-bond donors (Lipinski definition) is 5. The summed E-state index contributed by atoms with van der Waals surface area (Å²) >= 11 is 0. The summed E-state index contributed by atoms with van der Waals surface area (Å²) in [7, 11) is 1.27. The number of benzene rings is 4. The van der Waals surface area contributed by atoms with Crippen molar-refractivity contribution in [3.63, 3.8) is 0 Å². The number of nitrogens with zero attached hydrogens (tertiary/aromatic N) is 2. The van der Waals surface area contributed by atoms with Gasteiger partial charge in [-0.25, -0.2) is 14.6 Å². The lowest BCUT2D eigenvalue weighted by atomic mass is 10.0. The molecule has 0 saturated carbocycles. The summed E-state index contributed by atoms with van der Waals surface area (Å²) in [6.07, 6.45) is 2.81. The van der Waals surface area contributed by atoms with E-state index < -0.39 is 30.1 Å². The van der Waals surface area contributed by atoms with E-state index in [1.165, 1.54) is 19.2 Å². The van der Waals surface area contributed by atoms with E-state index in [1.807, 2.05) is 92.7 Å². The van der Waals surface area contributed by atoms with E-state index in [0.717, 1.165) is 27.4 Å². The zero-order valence-electron chi connectivity index (χ0n) is 32.3. The second kappa shape index (κ2) is 16.5. The normalized spacial score (nSPS) is 12.4. The van der Waals surface area contributed by atoms with Crippen LogP contribution in [0.2, 0.25) is 0 Å². The Morgan fingerprint density at radius 3 is 2.02 bits per heavy atom. The number of amides is 2. The summed E-state index contributed by atoms with van der Waals surface area (Å²) in [6.45, 7) is 3.80. The van der Waals surface area contributed by atoms with Crippen molar-refractivity contribution in [2.24, 2.45) is 5.92 Å². The fourth-order valence-electron chi connectivity index (χ4n) is 6.91. The van der Waals surface area contributed by atoms with Crippen molar-refractivity contribution in [3.05, 3.63) is 138 Å². The van der Waals surface area contributed by atoms with E-state index >= 15 is 0 Å². The average molecular weight is 793 g/mol. The molecular formula is C45H40N6O8. The van der Waals surface area contributed by atoms with E-state index in [0.29, 0.717) is 16.7 Å². The van der Waals surface area contributed by atoms with Crippen LogP contribution in [0.25, 0.3) is 56.0 Å². The van der Waals surface area contributed by atoms with Gasteiger partial charge in [0.2, 0.25) is 11.8 Å². The fourth-order valence-corrected chi connectivity index (χ4v) is 6.91. The number of carbonyl (C=O) groups is 3. The lowest BCUT2D eigenvalue weighted by Gasteiger charge is -2.24. The van der Waals surface area contributed by atoms with Gasteiger partial charge >= 0.3 is 12.1 Å². The van der Waals surface area contributed by atoms with Gasteiger partial charge in [-0.15, -0.1) is 0 Å². The molecule has 298 valence electrons. The molecule has 5 N–H and O–H groups in total.